The summed E-state index contributed by atoms with van der Waals surface area (Å²) in [6.45, 7) is 1.88. The molecule has 0 radical (unpaired) electrons. The van der Waals surface area contributed by atoms with Crippen LogP contribution in [0.4, 0.5) is 8.78 Å². The van der Waals surface area contributed by atoms with Gasteiger partial charge in [0.2, 0.25) is 0 Å². The van der Waals surface area contributed by atoms with Crippen molar-refractivity contribution in [1.82, 2.24) is 5.32 Å². The highest BCUT2D eigenvalue weighted by Gasteiger charge is 2.13. The monoisotopic (exact) mass is 265 g/mol. The van der Waals surface area contributed by atoms with Crippen LogP contribution in [-0.2, 0) is 6.42 Å². The molecule has 5 heteroatoms. The molecular weight excluding hydrogens is 252 g/mol. The fourth-order valence-corrected chi connectivity index (χ4v) is 1.76. The standard InChI is InChI=1S/C14H13F2NO2/c1-9-6-8-19-13(9)14(18)17-7-5-10-11(15)3-2-4-12(10)16/h2-4,6,8H,5,7H2,1H3,(H,17,18). The van der Waals surface area contributed by atoms with Gasteiger partial charge in [0.1, 0.15) is 11.6 Å². The van der Waals surface area contributed by atoms with Crippen molar-refractivity contribution in [2.24, 2.45) is 0 Å². The highest BCUT2D eigenvalue weighted by molar-refractivity contribution is 5.92. The third kappa shape index (κ3) is 2.99. The fourth-order valence-electron chi connectivity index (χ4n) is 1.76. The lowest BCUT2D eigenvalue weighted by Crippen LogP contribution is -2.26. The first-order chi connectivity index (χ1) is 9.09. The normalized spacial score (nSPS) is 10.5. The molecule has 0 saturated carbocycles. The maximum Gasteiger partial charge on any atom is 0.287 e. The quantitative estimate of drug-likeness (QED) is 0.923. The summed E-state index contributed by atoms with van der Waals surface area (Å²) in [6, 6.07) is 5.36. The number of furan rings is 1. The molecule has 0 bridgehead atoms. The van der Waals surface area contributed by atoms with Crippen LogP contribution in [-0.4, -0.2) is 12.5 Å². The molecule has 0 spiro atoms. The van der Waals surface area contributed by atoms with E-state index in [0.717, 1.165) is 5.56 Å². The minimum absolute atomic E-state index is 0.0287. The Hall–Kier alpha value is -2.17. The zero-order valence-corrected chi connectivity index (χ0v) is 10.4. The number of carbonyl (C=O) groups excluding carboxylic acids is 1. The second kappa shape index (κ2) is 5.65. The number of aryl methyl sites for hydroxylation is 1. The van der Waals surface area contributed by atoms with E-state index in [0.29, 0.717) is 0 Å². The molecule has 1 amide bonds. The second-order valence-electron chi connectivity index (χ2n) is 4.14. The first kappa shape index (κ1) is 13.3. The Bertz CT molecular complexity index is 573. The molecule has 2 rings (SSSR count). The Balaban J connectivity index is 1.94. The van der Waals surface area contributed by atoms with Crippen molar-refractivity contribution in [3.05, 3.63) is 59.1 Å². The summed E-state index contributed by atoms with van der Waals surface area (Å²) in [5, 5.41) is 2.56. The summed E-state index contributed by atoms with van der Waals surface area (Å²) < 4.78 is 31.7. The molecule has 0 aliphatic rings. The Labute approximate surface area is 109 Å². The first-order valence-corrected chi connectivity index (χ1v) is 5.85. The van der Waals surface area contributed by atoms with E-state index in [-0.39, 0.29) is 30.2 Å². The van der Waals surface area contributed by atoms with Crippen molar-refractivity contribution < 1.29 is 18.0 Å². The summed E-state index contributed by atoms with van der Waals surface area (Å²) in [5.41, 5.74) is 0.688. The number of carbonyl (C=O) groups is 1. The van der Waals surface area contributed by atoms with Crippen LogP contribution in [0.2, 0.25) is 0 Å². The van der Waals surface area contributed by atoms with E-state index in [2.05, 4.69) is 5.32 Å². The molecule has 0 saturated heterocycles. The number of hydrogen-bond acceptors (Lipinski definition) is 2. The van der Waals surface area contributed by atoms with Crippen molar-refractivity contribution in [1.29, 1.82) is 0 Å². The average molecular weight is 265 g/mol. The molecule has 0 aliphatic carbocycles. The minimum atomic E-state index is -0.608. The molecule has 1 aromatic carbocycles. The molecule has 0 atom stereocenters. The molecule has 0 fully saturated rings. The Morgan fingerprint density at radius 2 is 1.95 bits per heavy atom. The highest BCUT2D eigenvalue weighted by Crippen LogP contribution is 2.12. The molecule has 100 valence electrons. The van der Waals surface area contributed by atoms with E-state index in [4.69, 9.17) is 4.42 Å². The molecule has 1 aromatic heterocycles. The van der Waals surface area contributed by atoms with Gasteiger partial charge in [0.15, 0.2) is 5.76 Å². The van der Waals surface area contributed by atoms with Crippen molar-refractivity contribution in [2.75, 3.05) is 6.54 Å². The maximum atomic E-state index is 13.3. The topological polar surface area (TPSA) is 42.2 Å². The van der Waals surface area contributed by atoms with E-state index in [9.17, 15) is 13.6 Å². The van der Waals surface area contributed by atoms with Crippen LogP contribution in [0.5, 0.6) is 0 Å². The van der Waals surface area contributed by atoms with Gasteiger partial charge in [0.05, 0.1) is 6.26 Å². The highest BCUT2D eigenvalue weighted by atomic mass is 19.1. The molecule has 2 aromatic rings. The number of hydrogen-bond donors (Lipinski definition) is 1. The molecule has 19 heavy (non-hydrogen) atoms. The summed E-state index contributed by atoms with van der Waals surface area (Å²) in [7, 11) is 0. The maximum absolute atomic E-state index is 13.3. The average Bonchev–Trinajstić information content (AvgIpc) is 2.79. The van der Waals surface area contributed by atoms with Gasteiger partial charge in [-0.15, -0.1) is 0 Å². The van der Waals surface area contributed by atoms with Gasteiger partial charge in [0, 0.05) is 17.7 Å². The lowest BCUT2D eigenvalue weighted by molar-refractivity contribution is 0.0925. The van der Waals surface area contributed by atoms with Crippen LogP contribution >= 0.6 is 0 Å². The van der Waals surface area contributed by atoms with Crippen LogP contribution in [0, 0.1) is 18.6 Å². The number of nitrogens with one attached hydrogen (secondary N) is 1. The van der Waals surface area contributed by atoms with Crippen molar-refractivity contribution in [3.63, 3.8) is 0 Å². The fraction of sp³-hybridized carbons (Fsp3) is 0.214. The van der Waals surface area contributed by atoms with Gasteiger partial charge >= 0.3 is 0 Å². The lowest BCUT2D eigenvalue weighted by Gasteiger charge is -2.06. The lowest BCUT2D eigenvalue weighted by atomic mass is 10.1. The van der Waals surface area contributed by atoms with Crippen LogP contribution in [0.15, 0.2) is 34.9 Å². The summed E-state index contributed by atoms with van der Waals surface area (Å²) in [5.74, 6) is -1.39. The van der Waals surface area contributed by atoms with Crippen molar-refractivity contribution >= 4 is 5.91 Å². The van der Waals surface area contributed by atoms with E-state index >= 15 is 0 Å². The van der Waals surface area contributed by atoms with Gasteiger partial charge in [0.25, 0.3) is 5.91 Å². The van der Waals surface area contributed by atoms with Crippen LogP contribution in [0.25, 0.3) is 0 Å². The SMILES string of the molecule is Cc1ccoc1C(=O)NCCc1c(F)cccc1F. The second-order valence-corrected chi connectivity index (χ2v) is 4.14. The van der Waals surface area contributed by atoms with Gasteiger partial charge in [-0.25, -0.2) is 8.78 Å². The summed E-state index contributed by atoms with van der Waals surface area (Å²) in [6.07, 6.45) is 1.50. The Morgan fingerprint density at radius 3 is 2.53 bits per heavy atom. The van der Waals surface area contributed by atoms with Crippen LogP contribution in [0.3, 0.4) is 0 Å². The van der Waals surface area contributed by atoms with Gasteiger partial charge < -0.3 is 9.73 Å². The molecule has 3 nitrogen and oxygen atoms in total. The molecule has 0 aliphatic heterocycles. The molecule has 0 unspecified atom stereocenters. The number of benzene rings is 1. The van der Waals surface area contributed by atoms with E-state index in [1.165, 1.54) is 24.5 Å². The number of halogens is 2. The van der Waals surface area contributed by atoms with Crippen molar-refractivity contribution in [3.8, 4) is 0 Å². The van der Waals surface area contributed by atoms with Crippen LogP contribution < -0.4 is 5.32 Å². The number of rotatable bonds is 4. The van der Waals surface area contributed by atoms with Gasteiger partial charge in [-0.2, -0.15) is 0 Å². The Morgan fingerprint density at radius 1 is 1.26 bits per heavy atom. The van der Waals surface area contributed by atoms with Crippen LogP contribution in [0.1, 0.15) is 21.7 Å². The largest absolute Gasteiger partial charge is 0.459 e. The van der Waals surface area contributed by atoms with Gasteiger partial charge in [-0.05, 0) is 31.5 Å². The minimum Gasteiger partial charge on any atom is -0.459 e. The third-order valence-corrected chi connectivity index (χ3v) is 2.79. The molecule has 1 heterocycles. The predicted molar refractivity (Wildman–Crippen MR) is 65.8 cm³/mol. The van der Waals surface area contributed by atoms with E-state index in [1.807, 2.05) is 0 Å². The Kier molecular flexibility index (Phi) is 3.94. The van der Waals surface area contributed by atoms with E-state index in [1.54, 1.807) is 13.0 Å². The summed E-state index contributed by atoms with van der Waals surface area (Å²) in [4.78, 5) is 11.7. The zero-order chi connectivity index (χ0) is 13.8. The van der Waals surface area contributed by atoms with E-state index < -0.39 is 11.6 Å². The molecule has 1 N–H and O–H groups in total. The van der Waals surface area contributed by atoms with Crippen molar-refractivity contribution in [2.45, 2.75) is 13.3 Å². The third-order valence-electron chi connectivity index (χ3n) is 2.79. The predicted octanol–water partition coefficient (Wildman–Crippen LogP) is 2.84. The summed E-state index contributed by atoms with van der Waals surface area (Å²) >= 11 is 0. The zero-order valence-electron chi connectivity index (χ0n) is 10.4. The number of amides is 1. The van der Waals surface area contributed by atoms with Gasteiger partial charge in [-0.3, -0.25) is 4.79 Å². The smallest absolute Gasteiger partial charge is 0.287 e. The molecular formula is C14H13F2NO2. The van der Waals surface area contributed by atoms with Gasteiger partial charge in [-0.1, -0.05) is 6.07 Å². The first-order valence-electron chi connectivity index (χ1n) is 5.85.